The molecule has 1 unspecified atom stereocenters. The van der Waals surface area contributed by atoms with E-state index in [1.807, 2.05) is 0 Å². The van der Waals surface area contributed by atoms with Crippen LogP contribution in [-0.4, -0.2) is 20.6 Å². The number of carbonyl (C=O) groups is 1. The monoisotopic (exact) mass is 379 g/mol. The Morgan fingerprint density at radius 1 is 1.08 bits per heavy atom. The molecule has 1 aliphatic heterocycles. The fourth-order valence-corrected chi connectivity index (χ4v) is 3.87. The first-order chi connectivity index (χ1) is 11.9. The normalized spacial score (nSPS) is 17.5. The lowest BCUT2D eigenvalue weighted by Crippen LogP contribution is -2.36. The molecule has 1 atom stereocenters. The van der Waals surface area contributed by atoms with Gasteiger partial charge >= 0.3 is 5.97 Å². The van der Waals surface area contributed by atoms with Gasteiger partial charge < -0.3 is 9.47 Å². The van der Waals surface area contributed by atoms with E-state index >= 15 is 0 Å². The smallest absolute Gasteiger partial charge is 0.377 e. The van der Waals surface area contributed by atoms with E-state index in [9.17, 15) is 13.2 Å². The third kappa shape index (κ3) is 3.68. The zero-order valence-corrected chi connectivity index (χ0v) is 14.7. The molecule has 0 spiro atoms. The second-order valence-electron chi connectivity index (χ2n) is 5.26. The lowest BCUT2D eigenvalue weighted by molar-refractivity contribution is -0.141. The summed E-state index contributed by atoms with van der Waals surface area (Å²) < 4.78 is 37.7. The van der Waals surface area contributed by atoms with Crippen LogP contribution in [0.2, 0.25) is 0 Å². The van der Waals surface area contributed by atoms with Crippen molar-refractivity contribution in [2.24, 2.45) is 0 Å². The molecule has 0 aromatic heterocycles. The number of hydrogen-bond acceptors (Lipinski definition) is 5. The first kappa shape index (κ1) is 17.5. The molecule has 6 nitrogen and oxygen atoms in total. The predicted molar refractivity (Wildman–Crippen MR) is 91.3 cm³/mol. The summed E-state index contributed by atoms with van der Waals surface area (Å²) >= 11 is 6.10. The van der Waals surface area contributed by atoms with Gasteiger partial charge in [0.1, 0.15) is 10.8 Å². The lowest BCUT2D eigenvalue weighted by atomic mass is 10.2. The molecule has 8 heteroatoms. The van der Waals surface area contributed by atoms with Gasteiger partial charge in [-0.25, -0.2) is 13.2 Å². The Bertz CT molecular complexity index is 941. The topological polar surface area (TPSA) is 81.7 Å². The zero-order valence-electron chi connectivity index (χ0n) is 13.1. The number of hydrogen-bond donors (Lipinski definition) is 1. The van der Waals surface area contributed by atoms with Gasteiger partial charge in [-0.3, -0.25) is 0 Å². The standard InChI is InChI=1S/C17H14ClNO5S/c1-11-7-5-6-10-13(11)25(21,22)19-16-14(18)15(17(20)24-16)23-12-8-3-2-4-9-12/h2-10,16,19H,1H3. The van der Waals surface area contributed by atoms with E-state index < -0.39 is 22.2 Å². The fraction of sp³-hybridized carbons (Fsp3) is 0.118. The van der Waals surface area contributed by atoms with Crippen molar-refractivity contribution in [1.82, 2.24) is 4.72 Å². The van der Waals surface area contributed by atoms with Crippen molar-refractivity contribution in [2.75, 3.05) is 0 Å². The van der Waals surface area contributed by atoms with Crippen LogP contribution in [0, 0.1) is 6.92 Å². The molecule has 2 aromatic rings. The van der Waals surface area contributed by atoms with E-state index in [-0.39, 0.29) is 15.7 Å². The Kier molecular flexibility index (Phi) is 4.80. The van der Waals surface area contributed by atoms with Crippen molar-refractivity contribution < 1.29 is 22.7 Å². The molecule has 0 amide bonds. The number of benzene rings is 2. The van der Waals surface area contributed by atoms with Crippen LogP contribution in [0.1, 0.15) is 5.56 Å². The van der Waals surface area contributed by atoms with E-state index in [1.165, 1.54) is 6.07 Å². The number of para-hydroxylation sites is 1. The van der Waals surface area contributed by atoms with Gasteiger partial charge in [0.15, 0.2) is 0 Å². The first-order valence-corrected chi connectivity index (χ1v) is 9.16. The van der Waals surface area contributed by atoms with E-state index in [2.05, 4.69) is 4.72 Å². The number of cyclic esters (lactones) is 1. The number of sulfonamides is 1. The molecule has 2 aromatic carbocycles. The Hall–Kier alpha value is -2.35. The van der Waals surface area contributed by atoms with Crippen LogP contribution < -0.4 is 9.46 Å². The van der Waals surface area contributed by atoms with Crippen molar-refractivity contribution in [3.05, 3.63) is 71.0 Å². The van der Waals surface area contributed by atoms with Crippen molar-refractivity contribution in [1.29, 1.82) is 0 Å². The van der Waals surface area contributed by atoms with Crippen LogP contribution in [0.15, 0.2) is 70.3 Å². The Morgan fingerprint density at radius 3 is 2.40 bits per heavy atom. The van der Waals surface area contributed by atoms with E-state index in [4.69, 9.17) is 21.1 Å². The third-order valence-electron chi connectivity index (χ3n) is 3.47. The minimum atomic E-state index is -3.93. The maximum atomic E-state index is 12.5. The van der Waals surface area contributed by atoms with Gasteiger partial charge in [0.2, 0.25) is 22.0 Å². The summed E-state index contributed by atoms with van der Waals surface area (Å²) in [5.41, 5.74) is 0.556. The molecule has 0 bridgehead atoms. The zero-order chi connectivity index (χ0) is 18.0. The number of carbonyl (C=O) groups excluding carboxylic acids is 1. The first-order valence-electron chi connectivity index (χ1n) is 7.30. The van der Waals surface area contributed by atoms with Gasteiger partial charge in [-0.2, -0.15) is 4.72 Å². The summed E-state index contributed by atoms with van der Waals surface area (Å²) in [5, 5.41) is -0.161. The number of nitrogens with one attached hydrogen (secondary N) is 1. The number of halogens is 1. The van der Waals surface area contributed by atoms with E-state index in [0.29, 0.717) is 11.3 Å². The molecule has 130 valence electrons. The second kappa shape index (κ2) is 6.87. The van der Waals surface area contributed by atoms with Gasteiger partial charge in [0.05, 0.1) is 4.90 Å². The van der Waals surface area contributed by atoms with Gasteiger partial charge in [-0.15, -0.1) is 0 Å². The van der Waals surface area contributed by atoms with Crippen LogP contribution in [-0.2, 0) is 19.6 Å². The Morgan fingerprint density at radius 2 is 1.72 bits per heavy atom. The Labute approximate surface area is 150 Å². The number of esters is 1. The summed E-state index contributed by atoms with van der Waals surface area (Å²) in [5.74, 6) is -0.702. The number of rotatable bonds is 5. The fourth-order valence-electron chi connectivity index (χ4n) is 2.26. The van der Waals surface area contributed by atoms with Crippen LogP contribution >= 0.6 is 11.6 Å². The van der Waals surface area contributed by atoms with Crippen LogP contribution in [0.5, 0.6) is 5.75 Å². The summed E-state index contributed by atoms with van der Waals surface area (Å²) in [7, 11) is -3.93. The molecule has 25 heavy (non-hydrogen) atoms. The molecule has 1 heterocycles. The summed E-state index contributed by atoms with van der Waals surface area (Å²) in [6, 6.07) is 14.9. The minimum absolute atomic E-state index is 0.0768. The summed E-state index contributed by atoms with van der Waals surface area (Å²) in [4.78, 5) is 12.0. The van der Waals surface area contributed by atoms with E-state index in [0.717, 1.165) is 0 Å². The summed E-state index contributed by atoms with van der Waals surface area (Å²) in [6.07, 6.45) is -1.34. The number of ether oxygens (including phenoxy) is 2. The van der Waals surface area contributed by atoms with Gasteiger partial charge in [0.25, 0.3) is 0 Å². The molecule has 0 aliphatic carbocycles. The Balaban J connectivity index is 1.84. The molecular formula is C17H14ClNO5S. The molecule has 1 aliphatic rings. The molecule has 0 radical (unpaired) electrons. The highest BCUT2D eigenvalue weighted by Gasteiger charge is 2.38. The highest BCUT2D eigenvalue weighted by molar-refractivity contribution is 7.89. The maximum Gasteiger partial charge on any atom is 0.377 e. The van der Waals surface area contributed by atoms with Gasteiger partial charge in [-0.1, -0.05) is 48.0 Å². The minimum Gasteiger partial charge on any atom is -0.448 e. The third-order valence-corrected chi connectivity index (χ3v) is 5.40. The maximum absolute atomic E-state index is 12.5. The van der Waals surface area contributed by atoms with Crippen LogP contribution in [0.25, 0.3) is 0 Å². The van der Waals surface area contributed by atoms with E-state index in [1.54, 1.807) is 55.5 Å². The molecule has 0 saturated carbocycles. The molecular weight excluding hydrogens is 366 g/mol. The van der Waals surface area contributed by atoms with Crippen LogP contribution in [0.3, 0.4) is 0 Å². The molecule has 1 N–H and O–H groups in total. The van der Waals surface area contributed by atoms with Gasteiger partial charge in [-0.05, 0) is 30.7 Å². The average molecular weight is 380 g/mol. The largest absolute Gasteiger partial charge is 0.448 e. The molecule has 0 fully saturated rings. The number of aryl methyl sites for hydroxylation is 1. The highest BCUT2D eigenvalue weighted by Crippen LogP contribution is 2.28. The quantitative estimate of drug-likeness (QED) is 0.808. The molecule has 0 saturated heterocycles. The van der Waals surface area contributed by atoms with Crippen LogP contribution in [0.4, 0.5) is 0 Å². The second-order valence-corrected chi connectivity index (χ2v) is 7.35. The van der Waals surface area contributed by atoms with Crippen molar-refractivity contribution in [2.45, 2.75) is 18.0 Å². The van der Waals surface area contributed by atoms with Gasteiger partial charge in [0, 0.05) is 0 Å². The van der Waals surface area contributed by atoms with Crippen molar-refractivity contribution in [3.63, 3.8) is 0 Å². The highest BCUT2D eigenvalue weighted by atomic mass is 35.5. The van der Waals surface area contributed by atoms with Crippen molar-refractivity contribution >= 4 is 27.6 Å². The predicted octanol–water partition coefficient (Wildman–Crippen LogP) is 2.69. The summed E-state index contributed by atoms with van der Waals surface area (Å²) in [6.45, 7) is 1.66. The lowest BCUT2D eigenvalue weighted by Gasteiger charge is -2.13. The SMILES string of the molecule is Cc1ccccc1S(=O)(=O)NC1OC(=O)C(Oc2ccccc2)=C1Cl. The average Bonchev–Trinajstić information content (AvgIpc) is 2.83. The molecule has 3 rings (SSSR count). The van der Waals surface area contributed by atoms with Crippen molar-refractivity contribution in [3.8, 4) is 5.75 Å².